The lowest BCUT2D eigenvalue weighted by Crippen LogP contribution is -2.32. The Bertz CT molecular complexity index is 1380. The summed E-state index contributed by atoms with van der Waals surface area (Å²) in [5.74, 6) is -0.532. The van der Waals surface area contributed by atoms with Crippen LogP contribution in [0.4, 0.5) is 28.0 Å². The van der Waals surface area contributed by atoms with E-state index >= 15 is 0 Å². The van der Waals surface area contributed by atoms with Gasteiger partial charge in [-0.25, -0.2) is 9.29 Å². The number of nitrogens with zero attached hydrogens (tertiary/aromatic N) is 2. The van der Waals surface area contributed by atoms with E-state index in [-0.39, 0.29) is 41.0 Å². The number of alkyl halides is 4. The molecule has 0 bridgehead atoms. The molecule has 7 nitrogen and oxygen atoms in total. The summed E-state index contributed by atoms with van der Waals surface area (Å²) < 4.78 is 59.3. The van der Waals surface area contributed by atoms with Gasteiger partial charge in [0.1, 0.15) is 6.17 Å². The first-order valence-corrected chi connectivity index (χ1v) is 13.8. The number of halogens is 5. The Morgan fingerprint density at radius 2 is 2.00 bits per heavy atom. The lowest BCUT2D eigenvalue weighted by Gasteiger charge is -2.21. The first-order valence-electron chi connectivity index (χ1n) is 12.6. The van der Waals surface area contributed by atoms with E-state index in [4.69, 9.17) is 21.7 Å². The molecule has 2 amide bonds. The number of nitrogens with one attached hydrogen (secondary N) is 2. The van der Waals surface area contributed by atoms with E-state index in [2.05, 4.69) is 5.32 Å². The van der Waals surface area contributed by atoms with E-state index in [1.807, 2.05) is 4.90 Å². The molecule has 2 N–H and O–H groups in total. The number of hydrogen-bond acceptors (Lipinski definition) is 7. The van der Waals surface area contributed by atoms with Crippen molar-refractivity contribution >= 4 is 52.5 Å². The van der Waals surface area contributed by atoms with Crippen LogP contribution >= 0.6 is 23.4 Å². The summed E-state index contributed by atoms with van der Waals surface area (Å²) in [4.78, 5) is 28.6. The molecular weight excluding hydrogens is 584 g/mol. The number of imide groups is 1. The summed E-state index contributed by atoms with van der Waals surface area (Å²) in [5, 5.41) is 10.2. The third-order valence-corrected chi connectivity index (χ3v) is 7.76. The fourth-order valence-electron chi connectivity index (χ4n) is 4.60. The minimum absolute atomic E-state index is 0.00917. The van der Waals surface area contributed by atoms with Crippen LogP contribution in [-0.2, 0) is 22.3 Å². The van der Waals surface area contributed by atoms with Gasteiger partial charge in [-0.2, -0.15) is 13.2 Å². The number of benzene rings is 2. The van der Waals surface area contributed by atoms with E-state index < -0.39 is 29.1 Å². The Balaban J connectivity index is 1.46. The highest BCUT2D eigenvalue weighted by Gasteiger charge is 2.36. The molecule has 0 spiro atoms. The largest absolute Gasteiger partial charge is 0.416 e. The van der Waals surface area contributed by atoms with Crippen molar-refractivity contribution < 1.29 is 31.9 Å². The van der Waals surface area contributed by atoms with Crippen molar-refractivity contribution in [1.29, 1.82) is 5.41 Å². The number of rotatable bonds is 10. The zero-order valence-corrected chi connectivity index (χ0v) is 23.5. The molecule has 2 saturated heterocycles. The molecule has 4 rings (SSSR count). The first kappa shape index (κ1) is 30.8. The van der Waals surface area contributed by atoms with E-state index in [0.29, 0.717) is 30.0 Å². The molecule has 2 unspecified atom stereocenters. The normalized spacial score (nSPS) is 21.0. The summed E-state index contributed by atoms with van der Waals surface area (Å²) >= 11 is 6.50. The molecule has 2 aromatic rings. The number of hydrogen-bond donors (Lipinski definition) is 2. The Labute approximate surface area is 243 Å². The molecule has 0 aromatic heterocycles. The summed E-state index contributed by atoms with van der Waals surface area (Å²) in [5.41, 5.74) is 0.448. The van der Waals surface area contributed by atoms with Gasteiger partial charge in [-0.05, 0) is 59.7 Å². The first-order chi connectivity index (χ1) is 19.5. The minimum Gasteiger partial charge on any atom is -0.383 e. The van der Waals surface area contributed by atoms with Crippen molar-refractivity contribution in [3.63, 3.8) is 0 Å². The van der Waals surface area contributed by atoms with Crippen molar-refractivity contribution in [1.82, 2.24) is 9.80 Å². The van der Waals surface area contributed by atoms with Crippen LogP contribution in [0.2, 0.25) is 5.02 Å². The predicted octanol–water partition coefficient (Wildman–Crippen LogP) is 6.58. The van der Waals surface area contributed by atoms with Crippen LogP contribution in [0.15, 0.2) is 53.6 Å². The number of thioether (sulfide) groups is 1. The minimum atomic E-state index is -4.58. The van der Waals surface area contributed by atoms with Gasteiger partial charge < -0.3 is 15.5 Å². The standard InChI is InChI=1S/C28H27ClF4N4O3S/c1-40-9-8-36-16-21(30)13-22(36)6-7-37-26(38)25(41-27(37)39)11-17-2-5-24(19(10-17)14-34)35-15-18-3-4-20(29)12-23(18)28(31,32)33/h2-7,10-12,14,21-22,34-35H,8-9,13,15-16H2,1H3. The van der Waals surface area contributed by atoms with Crippen LogP contribution in [0.25, 0.3) is 6.08 Å². The molecule has 0 saturated carbocycles. The third kappa shape index (κ3) is 7.56. The molecule has 2 aliphatic rings. The van der Waals surface area contributed by atoms with Crippen molar-refractivity contribution in [2.24, 2.45) is 0 Å². The molecule has 13 heteroatoms. The quantitative estimate of drug-likeness (QED) is 0.180. The Morgan fingerprint density at radius 1 is 1.22 bits per heavy atom. The van der Waals surface area contributed by atoms with Gasteiger partial charge in [0.15, 0.2) is 0 Å². The van der Waals surface area contributed by atoms with Gasteiger partial charge in [-0.1, -0.05) is 29.8 Å². The van der Waals surface area contributed by atoms with Gasteiger partial charge in [-0.15, -0.1) is 0 Å². The molecule has 2 atom stereocenters. The fourth-order valence-corrected chi connectivity index (χ4v) is 5.58. The Kier molecular flexibility index (Phi) is 9.90. The van der Waals surface area contributed by atoms with Gasteiger partial charge in [0.05, 0.1) is 17.1 Å². The molecule has 0 radical (unpaired) electrons. The SMILES string of the molecule is COCCN1CC(F)CC1C=CN1C(=O)SC(=Cc2ccc(NCc3ccc(Cl)cc3C(F)(F)F)c(C=N)c2)C1=O. The summed E-state index contributed by atoms with van der Waals surface area (Å²) in [7, 11) is 1.56. The summed E-state index contributed by atoms with van der Waals surface area (Å²) in [6.07, 6.45) is 0.245. The number of anilines is 1. The van der Waals surface area contributed by atoms with Crippen molar-refractivity contribution in [2.75, 3.05) is 32.1 Å². The molecule has 2 aliphatic heterocycles. The highest BCUT2D eigenvalue weighted by Crippen LogP contribution is 2.35. The molecule has 0 aliphatic carbocycles. The van der Waals surface area contributed by atoms with Crippen LogP contribution in [0, 0.1) is 5.41 Å². The number of amides is 2. The van der Waals surface area contributed by atoms with E-state index in [9.17, 15) is 27.2 Å². The van der Waals surface area contributed by atoms with Gasteiger partial charge in [0.25, 0.3) is 11.1 Å². The lowest BCUT2D eigenvalue weighted by atomic mass is 10.1. The van der Waals surface area contributed by atoms with Gasteiger partial charge in [-0.3, -0.25) is 14.5 Å². The predicted molar refractivity (Wildman–Crippen MR) is 152 cm³/mol. The van der Waals surface area contributed by atoms with Crippen LogP contribution in [0.5, 0.6) is 0 Å². The number of methoxy groups -OCH3 is 1. The van der Waals surface area contributed by atoms with Gasteiger partial charge in [0, 0.05) is 61.5 Å². The average molecular weight is 611 g/mol. The zero-order chi connectivity index (χ0) is 29.7. The highest BCUT2D eigenvalue weighted by atomic mass is 35.5. The molecule has 2 fully saturated rings. The second-order valence-electron chi connectivity index (χ2n) is 9.43. The lowest BCUT2D eigenvalue weighted by molar-refractivity contribution is -0.138. The van der Waals surface area contributed by atoms with Gasteiger partial charge >= 0.3 is 6.18 Å². The second-order valence-corrected chi connectivity index (χ2v) is 10.9. The Hall–Kier alpha value is -3.19. The zero-order valence-electron chi connectivity index (χ0n) is 21.9. The smallest absolute Gasteiger partial charge is 0.383 e. The van der Waals surface area contributed by atoms with Crippen molar-refractivity contribution in [3.05, 3.63) is 80.9 Å². The van der Waals surface area contributed by atoms with E-state index in [1.165, 1.54) is 24.4 Å². The van der Waals surface area contributed by atoms with Crippen LogP contribution in [-0.4, -0.2) is 66.2 Å². The second kappa shape index (κ2) is 13.2. The van der Waals surface area contributed by atoms with E-state index in [1.54, 1.807) is 31.4 Å². The van der Waals surface area contributed by atoms with Crippen LogP contribution < -0.4 is 5.32 Å². The average Bonchev–Trinajstić information content (AvgIpc) is 3.41. The maximum atomic E-state index is 14.0. The van der Waals surface area contributed by atoms with Gasteiger partial charge in [0.2, 0.25) is 0 Å². The monoisotopic (exact) mass is 610 g/mol. The molecule has 218 valence electrons. The maximum Gasteiger partial charge on any atom is 0.416 e. The topological polar surface area (TPSA) is 85.7 Å². The van der Waals surface area contributed by atoms with E-state index in [0.717, 1.165) is 28.9 Å². The fraction of sp³-hybridized carbons (Fsp3) is 0.321. The van der Waals surface area contributed by atoms with Crippen molar-refractivity contribution in [2.45, 2.75) is 31.4 Å². The molecular formula is C28H27ClF4N4O3S. The number of likely N-dealkylation sites (tertiary alicyclic amines) is 1. The van der Waals surface area contributed by atoms with Crippen LogP contribution in [0.1, 0.15) is 28.7 Å². The highest BCUT2D eigenvalue weighted by molar-refractivity contribution is 8.18. The number of carbonyl (C=O) groups excluding carboxylic acids is 2. The molecule has 2 aromatic carbocycles. The van der Waals surface area contributed by atoms with Crippen LogP contribution in [0.3, 0.4) is 0 Å². The number of carbonyl (C=O) groups is 2. The molecule has 41 heavy (non-hydrogen) atoms. The Morgan fingerprint density at radius 3 is 2.71 bits per heavy atom. The summed E-state index contributed by atoms with van der Waals surface area (Å²) in [6, 6.07) is 8.06. The number of ether oxygens (including phenoxy) is 1. The summed E-state index contributed by atoms with van der Waals surface area (Å²) in [6.45, 7) is 1.05. The maximum absolute atomic E-state index is 14.0. The third-order valence-electron chi connectivity index (χ3n) is 6.64. The van der Waals surface area contributed by atoms with Crippen molar-refractivity contribution in [3.8, 4) is 0 Å². The molecule has 2 heterocycles.